The average molecular weight is 197 g/mol. The summed E-state index contributed by atoms with van der Waals surface area (Å²) in [6, 6.07) is 1.97. The highest BCUT2D eigenvalue weighted by Crippen LogP contribution is 2.41. The number of nitrogens with zero attached hydrogens (tertiary/aromatic N) is 1. The number of nitriles is 1. The summed E-state index contributed by atoms with van der Waals surface area (Å²) in [5.74, 6) is 1.06. The maximum atomic E-state index is 11.7. The van der Waals surface area contributed by atoms with Crippen LogP contribution in [0.4, 0.5) is 0 Å². The van der Waals surface area contributed by atoms with E-state index in [1.807, 2.05) is 12.3 Å². The van der Waals surface area contributed by atoms with E-state index in [4.69, 9.17) is 5.26 Å². The third kappa shape index (κ3) is 2.25. The Morgan fingerprint density at radius 2 is 2.15 bits per heavy atom. The van der Waals surface area contributed by atoms with E-state index < -0.39 is 0 Å². The second-order valence-corrected chi connectivity index (χ2v) is 4.54. The van der Waals surface area contributed by atoms with Gasteiger partial charge in [0.15, 0.2) is 5.78 Å². The van der Waals surface area contributed by atoms with Crippen molar-refractivity contribution in [2.75, 3.05) is 12.0 Å². The van der Waals surface area contributed by atoms with E-state index >= 15 is 0 Å². The van der Waals surface area contributed by atoms with Crippen molar-refractivity contribution in [1.29, 1.82) is 5.26 Å². The van der Waals surface area contributed by atoms with Crippen LogP contribution in [0.5, 0.6) is 0 Å². The number of Topliss-reactive ketones (excluding diaryl/α,β-unsaturated/α-hetero) is 1. The maximum absolute atomic E-state index is 11.7. The van der Waals surface area contributed by atoms with Crippen LogP contribution in [-0.4, -0.2) is 17.8 Å². The predicted molar refractivity (Wildman–Crippen MR) is 54.5 cm³/mol. The lowest BCUT2D eigenvalue weighted by atomic mass is 9.82. The molecule has 1 aliphatic rings. The van der Waals surface area contributed by atoms with Crippen molar-refractivity contribution in [3.8, 4) is 6.07 Å². The van der Waals surface area contributed by atoms with Gasteiger partial charge in [-0.1, -0.05) is 12.8 Å². The Hall–Kier alpha value is -0.490. The SMILES string of the molecule is CSCC1(C(=O)CC#N)CCCC1. The average Bonchev–Trinajstić information content (AvgIpc) is 2.55. The number of carbonyl (C=O) groups is 1. The van der Waals surface area contributed by atoms with Crippen LogP contribution in [0, 0.1) is 16.7 Å². The van der Waals surface area contributed by atoms with E-state index in [1.165, 1.54) is 0 Å². The van der Waals surface area contributed by atoms with E-state index in [0.717, 1.165) is 31.4 Å². The lowest BCUT2D eigenvalue weighted by Crippen LogP contribution is -2.30. The normalized spacial score (nSPS) is 19.7. The Morgan fingerprint density at radius 1 is 1.54 bits per heavy atom. The summed E-state index contributed by atoms with van der Waals surface area (Å²) >= 11 is 1.72. The maximum Gasteiger partial charge on any atom is 0.153 e. The molecular weight excluding hydrogens is 182 g/mol. The van der Waals surface area contributed by atoms with Crippen LogP contribution in [0.3, 0.4) is 0 Å². The molecule has 0 aromatic rings. The van der Waals surface area contributed by atoms with Gasteiger partial charge in [-0.2, -0.15) is 17.0 Å². The van der Waals surface area contributed by atoms with Crippen LogP contribution in [0.2, 0.25) is 0 Å². The Labute approximate surface area is 83.7 Å². The third-order valence-corrected chi connectivity index (χ3v) is 3.65. The first-order valence-electron chi connectivity index (χ1n) is 4.64. The van der Waals surface area contributed by atoms with Crippen molar-refractivity contribution < 1.29 is 4.79 Å². The van der Waals surface area contributed by atoms with Crippen molar-refractivity contribution >= 4 is 17.5 Å². The van der Waals surface area contributed by atoms with Gasteiger partial charge in [0.2, 0.25) is 0 Å². The van der Waals surface area contributed by atoms with E-state index in [9.17, 15) is 4.79 Å². The summed E-state index contributed by atoms with van der Waals surface area (Å²) in [4.78, 5) is 11.7. The third-order valence-electron chi connectivity index (χ3n) is 2.81. The fourth-order valence-corrected chi connectivity index (χ4v) is 3.09. The monoisotopic (exact) mass is 197 g/mol. The van der Waals surface area contributed by atoms with Gasteiger partial charge in [0.05, 0.1) is 12.5 Å². The second-order valence-electron chi connectivity index (χ2n) is 3.68. The summed E-state index contributed by atoms with van der Waals surface area (Å²) in [6.45, 7) is 0. The van der Waals surface area contributed by atoms with Gasteiger partial charge in [-0.3, -0.25) is 4.79 Å². The summed E-state index contributed by atoms with van der Waals surface area (Å²) < 4.78 is 0. The molecule has 0 aromatic carbocycles. The minimum absolute atomic E-state index is 0.0978. The van der Waals surface area contributed by atoms with Gasteiger partial charge < -0.3 is 0 Å². The Balaban J connectivity index is 2.66. The smallest absolute Gasteiger partial charge is 0.153 e. The molecule has 0 aromatic heterocycles. The van der Waals surface area contributed by atoms with Gasteiger partial charge in [-0.15, -0.1) is 0 Å². The fraction of sp³-hybridized carbons (Fsp3) is 0.800. The zero-order valence-corrected chi connectivity index (χ0v) is 8.82. The van der Waals surface area contributed by atoms with Gasteiger partial charge in [0.1, 0.15) is 0 Å². The standard InChI is InChI=1S/C10H15NOS/c1-13-8-10(5-2-3-6-10)9(12)4-7-11/h2-6,8H2,1H3. The summed E-state index contributed by atoms with van der Waals surface area (Å²) in [5, 5.41) is 8.50. The number of thioether (sulfide) groups is 1. The highest BCUT2D eigenvalue weighted by atomic mass is 32.2. The molecule has 0 spiro atoms. The predicted octanol–water partition coefficient (Wildman–Crippen LogP) is 2.39. The van der Waals surface area contributed by atoms with Crippen LogP contribution in [0.1, 0.15) is 32.1 Å². The van der Waals surface area contributed by atoms with E-state index in [1.54, 1.807) is 11.8 Å². The van der Waals surface area contributed by atoms with Crippen molar-refractivity contribution in [3.63, 3.8) is 0 Å². The first-order chi connectivity index (χ1) is 6.25. The van der Waals surface area contributed by atoms with Crippen molar-refractivity contribution in [2.45, 2.75) is 32.1 Å². The van der Waals surface area contributed by atoms with E-state index in [-0.39, 0.29) is 17.6 Å². The lowest BCUT2D eigenvalue weighted by Gasteiger charge is -2.25. The highest BCUT2D eigenvalue weighted by molar-refractivity contribution is 7.98. The number of rotatable bonds is 4. The fourth-order valence-electron chi connectivity index (χ4n) is 2.09. The number of hydrogen-bond donors (Lipinski definition) is 0. The number of ketones is 1. The molecule has 13 heavy (non-hydrogen) atoms. The molecule has 1 fully saturated rings. The molecule has 0 amide bonds. The molecule has 0 N–H and O–H groups in total. The zero-order valence-electron chi connectivity index (χ0n) is 8.01. The van der Waals surface area contributed by atoms with E-state index in [0.29, 0.717) is 0 Å². The van der Waals surface area contributed by atoms with Crippen LogP contribution >= 0.6 is 11.8 Å². The van der Waals surface area contributed by atoms with Crippen LogP contribution < -0.4 is 0 Å². The van der Waals surface area contributed by atoms with Gasteiger partial charge in [-0.05, 0) is 19.1 Å². The Morgan fingerprint density at radius 3 is 2.62 bits per heavy atom. The largest absolute Gasteiger partial charge is 0.298 e. The van der Waals surface area contributed by atoms with Crippen molar-refractivity contribution in [1.82, 2.24) is 0 Å². The highest BCUT2D eigenvalue weighted by Gasteiger charge is 2.39. The molecule has 0 unspecified atom stereocenters. The molecule has 0 radical (unpaired) electrons. The van der Waals surface area contributed by atoms with Gasteiger partial charge in [0.25, 0.3) is 0 Å². The molecule has 0 aliphatic heterocycles. The topological polar surface area (TPSA) is 40.9 Å². The molecule has 1 aliphatic carbocycles. The Bertz CT molecular complexity index is 226. The number of carbonyl (C=O) groups excluding carboxylic acids is 1. The Kier molecular flexibility index (Phi) is 3.80. The first-order valence-corrected chi connectivity index (χ1v) is 6.04. The number of hydrogen-bond acceptors (Lipinski definition) is 3. The molecule has 0 bridgehead atoms. The molecule has 0 heterocycles. The summed E-state index contributed by atoms with van der Waals surface area (Å²) in [7, 11) is 0. The first kappa shape index (κ1) is 10.6. The molecule has 2 nitrogen and oxygen atoms in total. The van der Waals surface area contributed by atoms with E-state index in [2.05, 4.69) is 0 Å². The van der Waals surface area contributed by atoms with Gasteiger partial charge >= 0.3 is 0 Å². The van der Waals surface area contributed by atoms with Crippen molar-refractivity contribution in [3.05, 3.63) is 0 Å². The molecule has 0 atom stereocenters. The van der Waals surface area contributed by atoms with Gasteiger partial charge in [0, 0.05) is 11.2 Å². The van der Waals surface area contributed by atoms with Crippen LogP contribution in [-0.2, 0) is 4.79 Å². The zero-order chi connectivity index (χ0) is 9.73. The molecule has 1 rings (SSSR count). The quantitative estimate of drug-likeness (QED) is 0.695. The summed E-state index contributed by atoms with van der Waals surface area (Å²) in [5.41, 5.74) is -0.144. The molecule has 72 valence electrons. The van der Waals surface area contributed by atoms with Crippen LogP contribution in [0.25, 0.3) is 0 Å². The minimum atomic E-state index is -0.144. The molecule has 3 heteroatoms. The molecule has 1 saturated carbocycles. The lowest BCUT2D eigenvalue weighted by molar-refractivity contribution is -0.126. The molecular formula is C10H15NOS. The minimum Gasteiger partial charge on any atom is -0.298 e. The van der Waals surface area contributed by atoms with Crippen LogP contribution in [0.15, 0.2) is 0 Å². The second kappa shape index (κ2) is 4.66. The van der Waals surface area contributed by atoms with Crippen molar-refractivity contribution in [2.24, 2.45) is 5.41 Å². The summed E-state index contributed by atoms with van der Waals surface area (Å²) in [6.07, 6.45) is 6.42. The molecule has 0 saturated heterocycles. The van der Waals surface area contributed by atoms with Gasteiger partial charge in [-0.25, -0.2) is 0 Å².